The van der Waals surface area contributed by atoms with Crippen molar-refractivity contribution in [1.82, 2.24) is 29.7 Å². The van der Waals surface area contributed by atoms with Crippen LogP contribution in [0.25, 0.3) is 11.5 Å². The van der Waals surface area contributed by atoms with Crippen LogP contribution in [0, 0.1) is 0 Å². The molecule has 12 nitrogen and oxygen atoms in total. The van der Waals surface area contributed by atoms with Crippen LogP contribution in [0.5, 0.6) is 5.88 Å². The fourth-order valence-corrected chi connectivity index (χ4v) is 5.44. The quantitative estimate of drug-likeness (QED) is 0.398. The number of methoxy groups -OCH3 is 2. The van der Waals surface area contributed by atoms with E-state index in [9.17, 15) is 8.42 Å². The van der Waals surface area contributed by atoms with E-state index in [0.717, 1.165) is 19.3 Å². The summed E-state index contributed by atoms with van der Waals surface area (Å²) in [6.07, 6.45) is 4.61. The zero-order valence-electron chi connectivity index (χ0n) is 21.0. The predicted octanol–water partition coefficient (Wildman–Crippen LogP) is 3.27. The predicted molar refractivity (Wildman–Crippen MR) is 137 cm³/mol. The fraction of sp³-hybridized carbons (Fsp3) is 0.522. The average Bonchev–Trinajstić information content (AvgIpc) is 3.26. The van der Waals surface area contributed by atoms with Gasteiger partial charge in [-0.2, -0.15) is 0 Å². The lowest BCUT2D eigenvalue weighted by Crippen LogP contribution is -2.34. The Labute approximate surface area is 220 Å². The second-order valence-corrected chi connectivity index (χ2v) is 11.3. The molecule has 0 aromatic carbocycles. The molecule has 1 N–H and O–H groups in total. The lowest BCUT2D eigenvalue weighted by molar-refractivity contribution is -0.0467. The van der Waals surface area contributed by atoms with Crippen LogP contribution in [-0.2, 0) is 26.0 Å². The molecule has 4 atom stereocenters. The molecule has 200 valence electrons. The smallest absolute Gasteiger partial charge is 0.240 e. The largest absolute Gasteiger partial charge is 0.481 e. The van der Waals surface area contributed by atoms with E-state index in [2.05, 4.69) is 29.9 Å². The Hall–Kier alpha value is -2.87. The van der Waals surface area contributed by atoms with Crippen molar-refractivity contribution in [2.75, 3.05) is 18.9 Å². The normalized spacial score (nSPS) is 19.8. The first-order chi connectivity index (χ1) is 17.7. The summed E-state index contributed by atoms with van der Waals surface area (Å²) >= 11 is 5.88. The van der Waals surface area contributed by atoms with Gasteiger partial charge in [0.15, 0.2) is 11.6 Å². The van der Waals surface area contributed by atoms with Gasteiger partial charge in [0.2, 0.25) is 21.9 Å². The van der Waals surface area contributed by atoms with Crippen molar-refractivity contribution in [2.45, 2.75) is 63.2 Å². The zero-order chi connectivity index (χ0) is 26.6. The molecule has 14 heteroatoms. The van der Waals surface area contributed by atoms with E-state index in [1.807, 2.05) is 6.92 Å². The summed E-state index contributed by atoms with van der Waals surface area (Å²) in [5, 5.41) is 7.69. The minimum atomic E-state index is -4.04. The SMILES string of the molecule is COc1cccc(-c2nnc(NS(=O)(=O)[C@@H](C)[C@H](OC)c3ncc(Cl)cn3)n2C[C@H]2CCC[C@@H](C)O2)n1. The van der Waals surface area contributed by atoms with Crippen LogP contribution in [0.1, 0.15) is 45.0 Å². The van der Waals surface area contributed by atoms with Gasteiger partial charge in [0.25, 0.3) is 0 Å². The first kappa shape index (κ1) is 27.2. The van der Waals surface area contributed by atoms with Crippen LogP contribution >= 0.6 is 11.6 Å². The summed E-state index contributed by atoms with van der Waals surface area (Å²) in [6.45, 7) is 3.87. The Bertz CT molecular complexity index is 1310. The third kappa shape index (κ3) is 6.35. The number of hydrogen-bond acceptors (Lipinski definition) is 10. The lowest BCUT2D eigenvalue weighted by atomic mass is 10.0. The lowest BCUT2D eigenvalue weighted by Gasteiger charge is -2.29. The highest BCUT2D eigenvalue weighted by molar-refractivity contribution is 7.93. The first-order valence-electron chi connectivity index (χ1n) is 11.8. The molecule has 4 rings (SSSR count). The number of rotatable bonds is 10. The second-order valence-electron chi connectivity index (χ2n) is 8.79. The number of pyridine rings is 1. The minimum absolute atomic E-state index is 0.0418. The van der Waals surface area contributed by atoms with Crippen molar-refractivity contribution in [3.8, 4) is 17.4 Å². The number of sulfonamides is 1. The zero-order valence-corrected chi connectivity index (χ0v) is 22.6. The molecule has 3 aromatic heterocycles. The molecule has 1 aliphatic heterocycles. The van der Waals surface area contributed by atoms with Crippen LogP contribution < -0.4 is 9.46 Å². The summed E-state index contributed by atoms with van der Waals surface area (Å²) in [7, 11) is -1.12. The third-order valence-corrected chi connectivity index (χ3v) is 8.05. The topological polar surface area (TPSA) is 143 Å². The number of nitrogens with one attached hydrogen (secondary N) is 1. The van der Waals surface area contributed by atoms with Crippen molar-refractivity contribution in [1.29, 1.82) is 0 Å². The van der Waals surface area contributed by atoms with E-state index >= 15 is 0 Å². The molecule has 37 heavy (non-hydrogen) atoms. The van der Waals surface area contributed by atoms with Gasteiger partial charge in [0.05, 0.1) is 30.9 Å². The average molecular weight is 552 g/mol. The Balaban J connectivity index is 1.67. The fourth-order valence-electron chi connectivity index (χ4n) is 4.19. The van der Waals surface area contributed by atoms with Crippen molar-refractivity contribution >= 4 is 27.6 Å². The van der Waals surface area contributed by atoms with Crippen LogP contribution in [0.3, 0.4) is 0 Å². The van der Waals surface area contributed by atoms with Crippen LogP contribution in [0.2, 0.25) is 5.02 Å². The molecule has 1 fully saturated rings. The van der Waals surface area contributed by atoms with E-state index < -0.39 is 21.4 Å². The highest BCUT2D eigenvalue weighted by Crippen LogP contribution is 2.28. The standard InChI is InChI=1S/C23H30ClN7O5S/c1-14-7-5-8-17(36-14)13-31-22(18-9-6-10-19(27-18)34-3)28-29-23(31)30-37(32,33)15(2)20(35-4)21-25-11-16(24)12-26-21/h6,9-12,14-15,17,20H,5,7-8,13H2,1-4H3,(H,29,30)/t14-,15+,17-,20+/m1/s1. The Kier molecular flexibility index (Phi) is 8.57. The first-order valence-corrected chi connectivity index (χ1v) is 13.8. The third-order valence-electron chi connectivity index (χ3n) is 6.16. The monoisotopic (exact) mass is 551 g/mol. The summed E-state index contributed by atoms with van der Waals surface area (Å²) in [6, 6.07) is 5.25. The number of halogens is 1. The number of hydrogen-bond donors (Lipinski definition) is 1. The van der Waals surface area contributed by atoms with Crippen molar-refractivity contribution in [3.05, 3.63) is 41.4 Å². The van der Waals surface area contributed by atoms with Gasteiger partial charge in [-0.25, -0.2) is 23.4 Å². The van der Waals surface area contributed by atoms with Gasteiger partial charge in [-0.05, 0) is 39.2 Å². The summed E-state index contributed by atoms with van der Waals surface area (Å²) < 4.78 is 48.0. The summed E-state index contributed by atoms with van der Waals surface area (Å²) in [4.78, 5) is 12.7. The molecule has 0 saturated carbocycles. The Morgan fingerprint density at radius 2 is 1.97 bits per heavy atom. The molecule has 0 unspecified atom stereocenters. The van der Waals surface area contributed by atoms with Gasteiger partial charge in [-0.15, -0.1) is 10.2 Å². The molecule has 4 heterocycles. The molecule has 0 amide bonds. The van der Waals surface area contributed by atoms with Gasteiger partial charge in [-0.1, -0.05) is 17.7 Å². The molecule has 0 spiro atoms. The maximum Gasteiger partial charge on any atom is 0.240 e. The van der Waals surface area contributed by atoms with Gasteiger partial charge >= 0.3 is 0 Å². The van der Waals surface area contributed by atoms with Crippen molar-refractivity contribution < 1.29 is 22.6 Å². The van der Waals surface area contributed by atoms with E-state index in [0.29, 0.717) is 29.0 Å². The maximum absolute atomic E-state index is 13.5. The molecule has 0 bridgehead atoms. The van der Waals surface area contributed by atoms with E-state index in [-0.39, 0.29) is 24.0 Å². The molecule has 0 aliphatic carbocycles. The van der Waals surface area contributed by atoms with Crippen molar-refractivity contribution in [3.63, 3.8) is 0 Å². The molecule has 0 radical (unpaired) electrons. The highest BCUT2D eigenvalue weighted by atomic mass is 35.5. The van der Waals surface area contributed by atoms with E-state index in [1.165, 1.54) is 33.5 Å². The molecule has 1 saturated heterocycles. The van der Waals surface area contributed by atoms with Gasteiger partial charge < -0.3 is 14.2 Å². The minimum Gasteiger partial charge on any atom is -0.481 e. The van der Waals surface area contributed by atoms with Crippen LogP contribution in [0.4, 0.5) is 5.95 Å². The van der Waals surface area contributed by atoms with Crippen LogP contribution in [-0.4, -0.2) is 69.8 Å². The summed E-state index contributed by atoms with van der Waals surface area (Å²) in [5.74, 6) is 1.02. The van der Waals surface area contributed by atoms with Crippen LogP contribution in [0.15, 0.2) is 30.6 Å². The van der Waals surface area contributed by atoms with Crippen molar-refractivity contribution in [2.24, 2.45) is 0 Å². The Morgan fingerprint density at radius 3 is 2.65 bits per heavy atom. The number of nitrogens with zero attached hydrogens (tertiary/aromatic N) is 6. The second kappa shape index (κ2) is 11.7. The Morgan fingerprint density at radius 1 is 1.22 bits per heavy atom. The summed E-state index contributed by atoms with van der Waals surface area (Å²) in [5.41, 5.74) is 0.485. The number of anilines is 1. The molecular weight excluding hydrogens is 522 g/mol. The molecule has 1 aliphatic rings. The van der Waals surface area contributed by atoms with Gasteiger partial charge in [0, 0.05) is 25.6 Å². The molecular formula is C23H30ClN7O5S. The number of aromatic nitrogens is 6. The maximum atomic E-state index is 13.5. The van der Waals surface area contributed by atoms with Gasteiger partial charge in [-0.3, -0.25) is 9.29 Å². The number of ether oxygens (including phenoxy) is 3. The van der Waals surface area contributed by atoms with E-state index in [4.69, 9.17) is 25.8 Å². The molecule has 3 aromatic rings. The van der Waals surface area contributed by atoms with Gasteiger partial charge in [0.1, 0.15) is 17.0 Å². The van der Waals surface area contributed by atoms with E-state index in [1.54, 1.807) is 22.8 Å². The highest BCUT2D eigenvalue weighted by Gasteiger charge is 2.35.